The van der Waals surface area contributed by atoms with Crippen LogP contribution < -0.4 is 5.73 Å². The van der Waals surface area contributed by atoms with Crippen LogP contribution in [0, 0.1) is 5.92 Å². The van der Waals surface area contributed by atoms with Crippen LogP contribution >= 0.6 is 11.8 Å². The molecule has 1 aromatic heterocycles. The molecule has 1 heterocycles. The molecule has 4 nitrogen and oxygen atoms in total. The van der Waals surface area contributed by atoms with Gasteiger partial charge in [-0.3, -0.25) is 0 Å². The zero-order valence-corrected chi connectivity index (χ0v) is 11.2. The molecule has 1 saturated carbocycles. The Morgan fingerprint density at radius 3 is 3.00 bits per heavy atom. The van der Waals surface area contributed by atoms with Gasteiger partial charge in [0.05, 0.1) is 22.5 Å². The van der Waals surface area contributed by atoms with Crippen LogP contribution in [0.5, 0.6) is 0 Å². The Balaban J connectivity index is 2.09. The van der Waals surface area contributed by atoms with E-state index in [-0.39, 0.29) is 11.3 Å². The maximum Gasteiger partial charge on any atom is 0.337 e. The second kappa shape index (κ2) is 5.61. The van der Waals surface area contributed by atoms with Gasteiger partial charge in [0, 0.05) is 5.25 Å². The zero-order chi connectivity index (χ0) is 13.1. The lowest BCUT2D eigenvalue weighted by Crippen LogP contribution is -2.15. The number of carboxylic acid groups (broad SMARTS) is 1. The lowest BCUT2D eigenvalue weighted by molar-refractivity contribution is 0.0697. The molecule has 98 valence electrons. The van der Waals surface area contributed by atoms with E-state index in [0.717, 1.165) is 10.9 Å². The lowest BCUT2D eigenvalue weighted by Gasteiger charge is -2.25. The summed E-state index contributed by atoms with van der Waals surface area (Å²) in [7, 11) is 0. The first kappa shape index (κ1) is 13.2. The van der Waals surface area contributed by atoms with Crippen LogP contribution in [0.3, 0.4) is 0 Å². The van der Waals surface area contributed by atoms with Crippen molar-refractivity contribution in [3.05, 3.63) is 17.8 Å². The summed E-state index contributed by atoms with van der Waals surface area (Å²) in [6.07, 6.45) is 6.35. The molecular formula is C13H18N2O2S. The third-order valence-corrected chi connectivity index (χ3v) is 4.54. The second-order valence-corrected chi connectivity index (χ2v) is 6.25. The van der Waals surface area contributed by atoms with Gasteiger partial charge in [-0.2, -0.15) is 0 Å². The molecule has 2 atom stereocenters. The molecule has 2 unspecified atom stereocenters. The maximum atomic E-state index is 11.0. The third kappa shape index (κ3) is 3.16. The number of nitrogen functional groups attached to an aromatic ring is 1. The fourth-order valence-corrected chi connectivity index (χ4v) is 3.70. The number of nitrogens with zero attached hydrogens (tertiary/aromatic N) is 1. The number of carboxylic acids is 1. The van der Waals surface area contributed by atoms with E-state index >= 15 is 0 Å². The smallest absolute Gasteiger partial charge is 0.337 e. The number of aromatic carboxylic acids is 1. The van der Waals surface area contributed by atoms with Crippen LogP contribution in [-0.2, 0) is 0 Å². The molecule has 0 aromatic carbocycles. The summed E-state index contributed by atoms with van der Waals surface area (Å²) in [5.41, 5.74) is 5.97. The molecule has 18 heavy (non-hydrogen) atoms. The molecule has 0 saturated heterocycles. The summed E-state index contributed by atoms with van der Waals surface area (Å²) in [4.78, 5) is 15.2. The summed E-state index contributed by atoms with van der Waals surface area (Å²) in [5.74, 6) is -0.238. The van der Waals surface area contributed by atoms with Crippen molar-refractivity contribution in [2.24, 2.45) is 5.92 Å². The number of aromatic nitrogens is 1. The molecule has 1 aromatic rings. The highest BCUT2D eigenvalue weighted by Gasteiger charge is 2.21. The topological polar surface area (TPSA) is 76.2 Å². The first-order valence-electron chi connectivity index (χ1n) is 6.21. The van der Waals surface area contributed by atoms with Crippen molar-refractivity contribution in [3.8, 4) is 0 Å². The second-order valence-electron chi connectivity index (χ2n) is 4.93. The van der Waals surface area contributed by atoms with Crippen LogP contribution in [0.25, 0.3) is 0 Å². The normalized spacial score (nSPS) is 23.8. The van der Waals surface area contributed by atoms with Crippen LogP contribution in [-0.4, -0.2) is 21.3 Å². The first-order chi connectivity index (χ1) is 8.56. The van der Waals surface area contributed by atoms with Gasteiger partial charge < -0.3 is 10.8 Å². The Hall–Kier alpha value is -1.23. The molecule has 5 heteroatoms. The highest BCUT2D eigenvalue weighted by atomic mass is 32.2. The average Bonchev–Trinajstić information content (AvgIpc) is 2.31. The first-order valence-corrected chi connectivity index (χ1v) is 7.09. The van der Waals surface area contributed by atoms with Gasteiger partial charge in [-0.05, 0) is 24.8 Å². The fraction of sp³-hybridized carbons (Fsp3) is 0.538. The molecule has 3 N–H and O–H groups in total. The summed E-state index contributed by atoms with van der Waals surface area (Å²) in [5, 5.41) is 10.3. The molecule has 1 fully saturated rings. The Labute approximate surface area is 111 Å². The molecule has 0 aliphatic heterocycles. The highest BCUT2D eigenvalue weighted by molar-refractivity contribution is 7.99. The number of rotatable bonds is 3. The Bertz CT molecular complexity index is 451. The van der Waals surface area contributed by atoms with Gasteiger partial charge in [-0.15, -0.1) is 11.8 Å². The van der Waals surface area contributed by atoms with Gasteiger partial charge in [0.15, 0.2) is 0 Å². The van der Waals surface area contributed by atoms with Crippen LogP contribution in [0.1, 0.15) is 43.0 Å². The van der Waals surface area contributed by atoms with E-state index in [9.17, 15) is 4.79 Å². The van der Waals surface area contributed by atoms with Gasteiger partial charge in [0.1, 0.15) is 0 Å². The molecular weight excluding hydrogens is 248 g/mol. The van der Waals surface area contributed by atoms with E-state index in [1.807, 2.05) is 0 Å². The van der Waals surface area contributed by atoms with E-state index in [4.69, 9.17) is 10.8 Å². The summed E-state index contributed by atoms with van der Waals surface area (Å²) < 4.78 is 0. The monoisotopic (exact) mass is 266 g/mol. The predicted molar refractivity (Wildman–Crippen MR) is 72.9 cm³/mol. The summed E-state index contributed by atoms with van der Waals surface area (Å²) >= 11 is 1.68. The van der Waals surface area contributed by atoms with Crippen LogP contribution in [0.4, 0.5) is 5.69 Å². The number of nitrogens with two attached hydrogens (primary N) is 1. The standard InChI is InChI=1S/C13H18N2O2S/c1-8-3-2-4-9(5-8)18-12-6-10(13(16)17)11(14)7-15-12/h6-9H,2-5,14H2,1H3,(H,16,17). The van der Waals surface area contributed by atoms with E-state index in [2.05, 4.69) is 11.9 Å². The van der Waals surface area contributed by atoms with E-state index in [1.54, 1.807) is 17.8 Å². The summed E-state index contributed by atoms with van der Waals surface area (Å²) in [6.45, 7) is 2.27. The van der Waals surface area contributed by atoms with Gasteiger partial charge in [-0.25, -0.2) is 9.78 Å². The number of carbonyl (C=O) groups is 1. The fourth-order valence-electron chi connectivity index (χ4n) is 2.35. The van der Waals surface area contributed by atoms with Crippen LogP contribution in [0.15, 0.2) is 17.3 Å². The lowest BCUT2D eigenvalue weighted by atomic mass is 9.91. The molecule has 0 spiro atoms. The van der Waals surface area contributed by atoms with Gasteiger partial charge >= 0.3 is 5.97 Å². The highest BCUT2D eigenvalue weighted by Crippen LogP contribution is 2.35. The van der Waals surface area contributed by atoms with Crippen molar-refractivity contribution in [1.29, 1.82) is 0 Å². The average molecular weight is 266 g/mol. The van der Waals surface area contributed by atoms with Crippen molar-refractivity contribution >= 4 is 23.4 Å². The van der Waals surface area contributed by atoms with Gasteiger partial charge in [0.2, 0.25) is 0 Å². The van der Waals surface area contributed by atoms with E-state index < -0.39 is 5.97 Å². The minimum absolute atomic E-state index is 0.149. The van der Waals surface area contributed by atoms with Crippen molar-refractivity contribution < 1.29 is 9.90 Å². The zero-order valence-electron chi connectivity index (χ0n) is 10.4. The van der Waals surface area contributed by atoms with E-state index in [0.29, 0.717) is 5.25 Å². The van der Waals surface area contributed by atoms with Gasteiger partial charge in [0.25, 0.3) is 0 Å². The number of hydrogen-bond acceptors (Lipinski definition) is 4. The molecule has 1 aliphatic carbocycles. The minimum atomic E-state index is -0.992. The van der Waals surface area contributed by atoms with E-state index in [1.165, 1.54) is 31.9 Å². The van der Waals surface area contributed by atoms with Crippen molar-refractivity contribution in [1.82, 2.24) is 4.98 Å². The number of anilines is 1. The summed E-state index contributed by atoms with van der Waals surface area (Å²) in [6, 6.07) is 1.58. The molecule has 1 aliphatic rings. The van der Waals surface area contributed by atoms with Gasteiger partial charge in [-0.1, -0.05) is 19.8 Å². The quantitative estimate of drug-likeness (QED) is 0.879. The Morgan fingerprint density at radius 1 is 1.56 bits per heavy atom. The Kier molecular flexibility index (Phi) is 4.11. The maximum absolute atomic E-state index is 11.0. The van der Waals surface area contributed by atoms with Crippen LogP contribution in [0.2, 0.25) is 0 Å². The Morgan fingerprint density at radius 2 is 2.33 bits per heavy atom. The SMILES string of the molecule is CC1CCCC(Sc2cc(C(=O)O)c(N)cn2)C1. The molecule has 0 radical (unpaired) electrons. The molecule has 0 bridgehead atoms. The predicted octanol–water partition coefficient (Wildman–Crippen LogP) is 3.03. The van der Waals surface area contributed by atoms with Crippen molar-refractivity contribution in [3.63, 3.8) is 0 Å². The number of thioether (sulfide) groups is 1. The number of pyridine rings is 1. The largest absolute Gasteiger partial charge is 0.478 e. The third-order valence-electron chi connectivity index (χ3n) is 3.32. The minimum Gasteiger partial charge on any atom is -0.478 e. The number of hydrogen-bond donors (Lipinski definition) is 2. The van der Waals surface area contributed by atoms with Crippen molar-refractivity contribution in [2.45, 2.75) is 42.9 Å². The molecule has 2 rings (SSSR count). The van der Waals surface area contributed by atoms with Crippen molar-refractivity contribution in [2.75, 3.05) is 5.73 Å². The molecule has 0 amide bonds.